The Balaban J connectivity index is -0.000000125. The molecular weight excluding hydrogens is 545 g/mol. The molecule has 1 atom stereocenters. The normalized spacial score (nSPS) is 10.9. The minimum Gasteiger partial charge on any atom is -0.566 e. The molecule has 0 aromatic rings. The van der Waals surface area contributed by atoms with Crippen molar-refractivity contribution in [2.45, 2.75) is 6.92 Å². The first-order chi connectivity index (χ1) is 2.81. The monoisotopic (exact) mass is 554 g/mol. The number of rotatable bonds is 2. The first-order valence-corrected chi connectivity index (χ1v) is 1.89. The number of aliphatic hydroxyl groups is 2. The van der Waals surface area contributed by atoms with Crippen LogP contribution >= 0.6 is 0 Å². The average molecular weight is 554 g/mol. The number of aliphatic hydroxyl groups excluding tert-OH is 2. The molecular formula is C4H9AcO2U-. The van der Waals surface area contributed by atoms with Crippen LogP contribution in [0.15, 0.2) is 0 Å². The maximum absolute atomic E-state index is 8.14. The van der Waals surface area contributed by atoms with Crippen molar-refractivity contribution in [1.82, 2.24) is 0 Å². The minimum absolute atomic E-state index is 0. The van der Waals surface area contributed by atoms with Crippen LogP contribution in [0.5, 0.6) is 0 Å². The molecule has 0 aliphatic rings. The summed E-state index contributed by atoms with van der Waals surface area (Å²) in [6, 6.07) is 0. The Morgan fingerprint density at radius 3 is 2.00 bits per heavy atom. The van der Waals surface area contributed by atoms with E-state index in [1.54, 1.807) is 6.92 Å². The van der Waals surface area contributed by atoms with Crippen molar-refractivity contribution in [3.63, 3.8) is 0 Å². The molecule has 0 heterocycles. The van der Waals surface area contributed by atoms with Crippen LogP contribution in [-0.4, -0.2) is 16.8 Å². The van der Waals surface area contributed by atoms with E-state index in [0.717, 1.165) is 6.61 Å². The second kappa shape index (κ2) is 12.1. The molecule has 0 amide bonds. The molecule has 0 bridgehead atoms. The SMILES string of the molecule is CC([CH-]O)CO.[Ac].[U]. The number of hydrogen-bond donors (Lipinski definition) is 2. The van der Waals surface area contributed by atoms with Gasteiger partial charge in [-0.3, -0.25) is 0 Å². The van der Waals surface area contributed by atoms with Gasteiger partial charge in [-0.2, -0.15) is 0 Å². The van der Waals surface area contributed by atoms with Crippen LogP contribution in [0.3, 0.4) is 0 Å². The summed E-state index contributed by atoms with van der Waals surface area (Å²) in [4.78, 5) is 0. The van der Waals surface area contributed by atoms with E-state index in [0.29, 0.717) is 0 Å². The summed E-state index contributed by atoms with van der Waals surface area (Å²) < 4.78 is 0. The van der Waals surface area contributed by atoms with Gasteiger partial charge in [-0.05, 0) is 0 Å². The van der Waals surface area contributed by atoms with Crippen LogP contribution in [0.1, 0.15) is 6.92 Å². The summed E-state index contributed by atoms with van der Waals surface area (Å²) >= 11 is 0. The third-order valence-corrected chi connectivity index (χ3v) is 0.542. The van der Waals surface area contributed by atoms with Gasteiger partial charge in [0.1, 0.15) is 0 Å². The second-order valence-corrected chi connectivity index (χ2v) is 1.31. The summed E-state index contributed by atoms with van der Waals surface area (Å²) in [5, 5.41) is 16.2. The molecule has 0 spiro atoms. The van der Waals surface area contributed by atoms with E-state index < -0.39 is 0 Å². The van der Waals surface area contributed by atoms with Crippen LogP contribution < -0.4 is 0 Å². The Labute approximate surface area is 109 Å². The fraction of sp³-hybridized carbons (Fsp3) is 0.750. The van der Waals surface area contributed by atoms with E-state index in [4.69, 9.17) is 10.2 Å². The van der Waals surface area contributed by atoms with Crippen molar-refractivity contribution in [1.29, 1.82) is 0 Å². The molecule has 2 nitrogen and oxygen atoms in total. The standard InChI is InChI=1S/C4H9O2.Ac.U/c1-4(2-5)3-6;;/h2,4-6H,3H2,1H3;;/q-1;;. The fourth-order valence-electron chi connectivity index (χ4n) is 0.0471. The van der Waals surface area contributed by atoms with Crippen molar-refractivity contribution in [2.24, 2.45) is 5.92 Å². The first-order valence-electron chi connectivity index (χ1n) is 1.89. The van der Waals surface area contributed by atoms with Gasteiger partial charge in [-0.25, -0.2) is 6.61 Å². The zero-order valence-corrected chi connectivity index (χ0v) is 13.7. The summed E-state index contributed by atoms with van der Waals surface area (Å²) in [5.74, 6) is -0.0787. The summed E-state index contributed by atoms with van der Waals surface area (Å²) in [7, 11) is 0. The Bertz CT molecular complexity index is 33.2. The molecule has 0 aromatic heterocycles. The van der Waals surface area contributed by atoms with Gasteiger partial charge < -0.3 is 10.2 Å². The maximum Gasteiger partial charge on any atom is 0.0204 e. The zero-order chi connectivity index (χ0) is 4.99. The molecule has 0 fully saturated rings. The predicted octanol–water partition coefficient (Wildman–Crippen LogP) is 0.149. The topological polar surface area (TPSA) is 40.5 Å². The molecule has 2 N–H and O–H groups in total. The average Bonchev–Trinajstić information content (AvgIpc) is 1.65. The quantitative estimate of drug-likeness (QED) is 0.478. The van der Waals surface area contributed by atoms with Gasteiger partial charge in [-0.15, -0.1) is 5.92 Å². The zero-order valence-electron chi connectivity index (χ0n) is 4.83. The molecule has 45 valence electrons. The van der Waals surface area contributed by atoms with Gasteiger partial charge in [-0.1, -0.05) is 6.92 Å². The smallest absolute Gasteiger partial charge is 0.0204 e. The summed E-state index contributed by atoms with van der Waals surface area (Å²) in [5.41, 5.74) is 0. The molecule has 0 aliphatic heterocycles. The van der Waals surface area contributed by atoms with Gasteiger partial charge in [0, 0.05) is 81.8 Å². The van der Waals surface area contributed by atoms with E-state index >= 15 is 0 Å². The molecule has 8 heavy (non-hydrogen) atoms. The van der Waals surface area contributed by atoms with Gasteiger partial charge in [0.05, 0.1) is 0 Å². The van der Waals surface area contributed by atoms with Crippen LogP contribution in [0, 0.1) is 87.7 Å². The molecule has 0 saturated carbocycles. The van der Waals surface area contributed by atoms with Gasteiger partial charge in [0.15, 0.2) is 0 Å². The molecule has 0 saturated heterocycles. The molecule has 0 aliphatic carbocycles. The maximum atomic E-state index is 8.14. The Hall–Kier alpha value is 2.41. The van der Waals surface area contributed by atoms with E-state index in [1.807, 2.05) is 0 Å². The van der Waals surface area contributed by atoms with Crippen LogP contribution in [-0.2, 0) is 0 Å². The van der Waals surface area contributed by atoms with E-state index in [9.17, 15) is 0 Å². The predicted molar refractivity (Wildman–Crippen MR) is 22.5 cm³/mol. The van der Waals surface area contributed by atoms with Crippen LogP contribution in [0.4, 0.5) is 0 Å². The van der Waals surface area contributed by atoms with Crippen molar-refractivity contribution < 1.29 is 85.4 Å². The van der Waals surface area contributed by atoms with Gasteiger partial charge in [0.25, 0.3) is 0 Å². The van der Waals surface area contributed by atoms with Crippen molar-refractivity contribution in [3.05, 3.63) is 6.61 Å². The minimum atomic E-state index is -0.0787. The third-order valence-electron chi connectivity index (χ3n) is 0.542. The third kappa shape index (κ3) is 11.2. The molecule has 4 heteroatoms. The van der Waals surface area contributed by atoms with E-state index in [2.05, 4.69) is 0 Å². The van der Waals surface area contributed by atoms with Crippen molar-refractivity contribution in [3.8, 4) is 0 Å². The first kappa shape index (κ1) is 16.8. The van der Waals surface area contributed by atoms with Gasteiger partial charge in [0.2, 0.25) is 0 Å². The van der Waals surface area contributed by atoms with Crippen LogP contribution in [0.2, 0.25) is 0 Å². The molecule has 1 unspecified atom stereocenters. The molecule has 0 aromatic carbocycles. The van der Waals surface area contributed by atoms with Crippen molar-refractivity contribution >= 4 is 0 Å². The molecule has 0 rings (SSSR count). The van der Waals surface area contributed by atoms with Gasteiger partial charge >= 0.3 is 0 Å². The van der Waals surface area contributed by atoms with E-state index in [-0.39, 0.29) is 87.7 Å². The van der Waals surface area contributed by atoms with Crippen LogP contribution in [0.25, 0.3) is 0 Å². The van der Waals surface area contributed by atoms with Crippen molar-refractivity contribution in [2.75, 3.05) is 6.61 Å². The van der Waals surface area contributed by atoms with E-state index in [1.165, 1.54) is 0 Å². The fourth-order valence-corrected chi connectivity index (χ4v) is 0.0471. The Morgan fingerprint density at radius 1 is 1.62 bits per heavy atom. The summed E-state index contributed by atoms with van der Waals surface area (Å²) in [6.07, 6.45) is 0. The summed E-state index contributed by atoms with van der Waals surface area (Å²) in [6.45, 7) is 2.72. The molecule has 1 radical (unpaired) electrons. The number of hydrogen-bond acceptors (Lipinski definition) is 2. The Kier molecular flexibility index (Phi) is 25.4. The largest absolute Gasteiger partial charge is 0.566 e. The second-order valence-electron chi connectivity index (χ2n) is 1.31. The Morgan fingerprint density at radius 2 is 2.00 bits per heavy atom.